The van der Waals surface area contributed by atoms with E-state index in [9.17, 15) is 4.79 Å². The summed E-state index contributed by atoms with van der Waals surface area (Å²) in [5.74, 6) is 0.277. The Hall–Kier alpha value is -1.68. The lowest BCUT2D eigenvalue weighted by atomic mass is 10.1. The molecule has 0 unspecified atom stereocenters. The molecule has 2 heterocycles. The van der Waals surface area contributed by atoms with E-state index in [2.05, 4.69) is 39.0 Å². The molecule has 0 radical (unpaired) electrons. The van der Waals surface area contributed by atoms with Gasteiger partial charge in [0.25, 0.3) is 0 Å². The van der Waals surface area contributed by atoms with E-state index in [4.69, 9.17) is 5.26 Å². The number of benzene rings is 1. The number of hydrogen-bond acceptors (Lipinski definition) is 4. The Bertz CT molecular complexity index is 773. The Balaban J connectivity index is 1.38. The van der Waals surface area contributed by atoms with Crippen LogP contribution in [0.4, 0.5) is 0 Å². The molecule has 0 spiro atoms. The molecule has 6 heteroatoms. The van der Waals surface area contributed by atoms with Crippen LogP contribution in [0.3, 0.4) is 0 Å². The fraction of sp³-hybridized carbons (Fsp3) is 0.400. The number of nitrogens with zero attached hydrogens (tertiary/aromatic N) is 3. The number of carbonyl (C=O) groups excluding carboxylic acids is 1. The summed E-state index contributed by atoms with van der Waals surface area (Å²) in [4.78, 5) is 18.1. The topological polar surface area (TPSA) is 47.3 Å². The third-order valence-electron chi connectivity index (χ3n) is 4.66. The highest BCUT2D eigenvalue weighted by atomic mass is 79.9. The van der Waals surface area contributed by atoms with E-state index in [0.29, 0.717) is 12.0 Å². The maximum absolute atomic E-state index is 12.4. The zero-order valence-electron chi connectivity index (χ0n) is 14.7. The average Bonchev–Trinajstić information content (AvgIpc) is 3.08. The molecule has 1 saturated heterocycles. The first-order valence-corrected chi connectivity index (χ1v) is 10.5. The van der Waals surface area contributed by atoms with Crippen LogP contribution in [0, 0.1) is 11.3 Å². The van der Waals surface area contributed by atoms with Gasteiger partial charge in [-0.15, -0.1) is 11.3 Å². The predicted molar refractivity (Wildman–Crippen MR) is 108 cm³/mol. The van der Waals surface area contributed by atoms with E-state index in [-0.39, 0.29) is 5.91 Å². The molecule has 4 nitrogen and oxygen atoms in total. The van der Waals surface area contributed by atoms with E-state index in [0.717, 1.165) is 49.4 Å². The molecule has 0 N–H and O–H groups in total. The molecule has 1 fully saturated rings. The molecule has 1 amide bonds. The monoisotopic (exact) mass is 431 g/mol. The highest BCUT2D eigenvalue weighted by Gasteiger charge is 2.20. The van der Waals surface area contributed by atoms with Gasteiger partial charge in [0, 0.05) is 44.0 Å². The van der Waals surface area contributed by atoms with E-state index < -0.39 is 0 Å². The molecule has 1 aliphatic heterocycles. The number of piperazine rings is 1. The first-order chi connectivity index (χ1) is 12.6. The standard InChI is InChI=1S/C20H22BrN3OS/c21-19-9-8-18(26-19)2-1-3-20(25)24-12-10-23(11-13-24)15-17-6-4-16(14-22)5-7-17/h4-9H,1-3,10-13,15H2. The molecule has 0 aliphatic carbocycles. The minimum absolute atomic E-state index is 0.277. The molecule has 0 atom stereocenters. The summed E-state index contributed by atoms with van der Waals surface area (Å²) in [7, 11) is 0. The summed E-state index contributed by atoms with van der Waals surface area (Å²) in [5.41, 5.74) is 1.91. The lowest BCUT2D eigenvalue weighted by molar-refractivity contribution is -0.133. The van der Waals surface area contributed by atoms with Gasteiger partial charge >= 0.3 is 0 Å². The van der Waals surface area contributed by atoms with Gasteiger partial charge in [0.05, 0.1) is 15.4 Å². The number of thiophene rings is 1. The summed E-state index contributed by atoms with van der Waals surface area (Å²) >= 11 is 5.22. The highest BCUT2D eigenvalue weighted by Crippen LogP contribution is 2.23. The number of rotatable bonds is 6. The summed E-state index contributed by atoms with van der Waals surface area (Å²) in [5, 5.41) is 8.86. The van der Waals surface area contributed by atoms with E-state index >= 15 is 0 Å². The number of aryl methyl sites for hydroxylation is 1. The van der Waals surface area contributed by atoms with Crippen LogP contribution in [0.25, 0.3) is 0 Å². The van der Waals surface area contributed by atoms with Gasteiger partial charge in [-0.1, -0.05) is 12.1 Å². The van der Waals surface area contributed by atoms with Gasteiger partial charge in [0.1, 0.15) is 0 Å². The summed E-state index contributed by atoms with van der Waals surface area (Å²) in [6, 6.07) is 14.1. The molecule has 0 saturated carbocycles. The Kier molecular flexibility index (Phi) is 6.84. The Morgan fingerprint density at radius 1 is 1.12 bits per heavy atom. The fourth-order valence-electron chi connectivity index (χ4n) is 3.16. The first kappa shape index (κ1) is 19.1. The molecule has 1 aromatic heterocycles. The molecule has 1 aliphatic rings. The van der Waals surface area contributed by atoms with Gasteiger partial charge in [-0.05, 0) is 58.6 Å². The summed E-state index contributed by atoms with van der Waals surface area (Å²) < 4.78 is 1.15. The van der Waals surface area contributed by atoms with E-state index in [1.807, 2.05) is 29.2 Å². The zero-order chi connectivity index (χ0) is 18.4. The maximum Gasteiger partial charge on any atom is 0.222 e. The van der Waals surface area contributed by atoms with Crippen molar-refractivity contribution in [3.05, 3.63) is 56.2 Å². The van der Waals surface area contributed by atoms with Gasteiger partial charge in [0.15, 0.2) is 0 Å². The third-order valence-corrected chi connectivity index (χ3v) is 6.34. The molecule has 3 rings (SSSR count). The van der Waals surface area contributed by atoms with Gasteiger partial charge in [0.2, 0.25) is 5.91 Å². The second-order valence-electron chi connectivity index (χ2n) is 6.53. The predicted octanol–water partition coefficient (Wildman–Crippen LogP) is 4.05. The number of amides is 1. The normalized spacial score (nSPS) is 15.0. The largest absolute Gasteiger partial charge is 0.340 e. The van der Waals surface area contributed by atoms with Crippen LogP contribution in [0.5, 0.6) is 0 Å². The quantitative estimate of drug-likeness (QED) is 0.692. The van der Waals surface area contributed by atoms with E-state index in [1.54, 1.807) is 11.3 Å². The number of nitriles is 1. The Morgan fingerprint density at radius 2 is 1.85 bits per heavy atom. The van der Waals surface area contributed by atoms with Crippen LogP contribution >= 0.6 is 27.3 Å². The van der Waals surface area contributed by atoms with Gasteiger partial charge in [-0.25, -0.2) is 0 Å². The summed E-state index contributed by atoms with van der Waals surface area (Å²) in [6.45, 7) is 4.30. The van der Waals surface area contributed by atoms with Gasteiger partial charge in [-0.3, -0.25) is 9.69 Å². The highest BCUT2D eigenvalue weighted by molar-refractivity contribution is 9.11. The van der Waals surface area contributed by atoms with Crippen LogP contribution in [-0.4, -0.2) is 41.9 Å². The van der Waals surface area contributed by atoms with Crippen molar-refractivity contribution in [3.8, 4) is 6.07 Å². The van der Waals surface area contributed by atoms with Crippen molar-refractivity contribution < 1.29 is 4.79 Å². The van der Waals surface area contributed by atoms with Crippen molar-refractivity contribution >= 4 is 33.2 Å². The van der Waals surface area contributed by atoms with Crippen LogP contribution in [0.1, 0.15) is 28.8 Å². The SMILES string of the molecule is N#Cc1ccc(CN2CCN(C(=O)CCCc3ccc(Br)s3)CC2)cc1. The molecular weight excluding hydrogens is 410 g/mol. The van der Waals surface area contributed by atoms with Gasteiger partial charge in [-0.2, -0.15) is 5.26 Å². The van der Waals surface area contributed by atoms with Crippen LogP contribution in [0.2, 0.25) is 0 Å². The summed E-state index contributed by atoms with van der Waals surface area (Å²) in [6.07, 6.45) is 2.52. The van der Waals surface area contributed by atoms with Crippen molar-refractivity contribution in [2.24, 2.45) is 0 Å². The smallest absolute Gasteiger partial charge is 0.222 e. The second kappa shape index (κ2) is 9.31. The Labute approximate surface area is 167 Å². The molecule has 26 heavy (non-hydrogen) atoms. The third kappa shape index (κ3) is 5.41. The molecular formula is C20H22BrN3OS. The van der Waals surface area contributed by atoms with Crippen molar-refractivity contribution in [1.82, 2.24) is 9.80 Å². The van der Waals surface area contributed by atoms with Crippen molar-refractivity contribution in [2.45, 2.75) is 25.8 Å². The van der Waals surface area contributed by atoms with Crippen molar-refractivity contribution in [2.75, 3.05) is 26.2 Å². The average molecular weight is 432 g/mol. The number of halogens is 1. The minimum atomic E-state index is 0.277. The van der Waals surface area contributed by atoms with Crippen molar-refractivity contribution in [1.29, 1.82) is 5.26 Å². The minimum Gasteiger partial charge on any atom is -0.340 e. The van der Waals surface area contributed by atoms with Crippen LogP contribution in [-0.2, 0) is 17.8 Å². The fourth-order valence-corrected chi connectivity index (χ4v) is 4.68. The molecule has 2 aromatic rings. The van der Waals surface area contributed by atoms with Gasteiger partial charge < -0.3 is 4.90 Å². The molecule has 1 aromatic carbocycles. The maximum atomic E-state index is 12.4. The number of hydrogen-bond donors (Lipinski definition) is 0. The van der Waals surface area contributed by atoms with Crippen LogP contribution < -0.4 is 0 Å². The Morgan fingerprint density at radius 3 is 2.46 bits per heavy atom. The second-order valence-corrected chi connectivity index (χ2v) is 9.07. The van der Waals surface area contributed by atoms with Crippen LogP contribution in [0.15, 0.2) is 40.2 Å². The van der Waals surface area contributed by atoms with Crippen molar-refractivity contribution in [3.63, 3.8) is 0 Å². The molecule has 136 valence electrons. The van der Waals surface area contributed by atoms with E-state index in [1.165, 1.54) is 10.4 Å². The lowest BCUT2D eigenvalue weighted by Gasteiger charge is -2.34. The number of carbonyl (C=O) groups is 1. The molecule has 0 bridgehead atoms. The lowest BCUT2D eigenvalue weighted by Crippen LogP contribution is -2.48. The zero-order valence-corrected chi connectivity index (χ0v) is 17.1. The first-order valence-electron chi connectivity index (χ1n) is 8.87.